The third kappa shape index (κ3) is 2.51. The van der Waals surface area contributed by atoms with Crippen molar-refractivity contribution in [2.75, 3.05) is 6.54 Å². The van der Waals surface area contributed by atoms with Crippen LogP contribution in [0.15, 0.2) is 9.63 Å². The fraction of sp³-hybridized carbons (Fsp3) is 0.750. The number of rotatable bonds is 4. The second-order valence-corrected chi connectivity index (χ2v) is 6.64. The minimum atomic E-state index is -3.71. The molecule has 0 aliphatic heterocycles. The van der Waals surface area contributed by atoms with Crippen molar-refractivity contribution in [2.45, 2.75) is 29.9 Å². The Balaban J connectivity index is 2.14. The fourth-order valence-electron chi connectivity index (χ4n) is 1.67. The molecule has 0 saturated heterocycles. The van der Waals surface area contributed by atoms with Gasteiger partial charge in [-0.3, -0.25) is 0 Å². The Morgan fingerprint density at radius 3 is 2.65 bits per heavy atom. The maximum absolute atomic E-state index is 12.0. The van der Waals surface area contributed by atoms with Crippen LogP contribution in [0, 0.1) is 0 Å². The lowest BCUT2D eigenvalue weighted by Crippen LogP contribution is -2.47. The highest BCUT2D eigenvalue weighted by Gasteiger charge is 2.36. The van der Waals surface area contributed by atoms with Gasteiger partial charge in [-0.15, -0.1) is 5.10 Å². The fourth-order valence-corrected chi connectivity index (χ4v) is 3.88. The van der Waals surface area contributed by atoms with Gasteiger partial charge in [-0.1, -0.05) is 5.21 Å². The summed E-state index contributed by atoms with van der Waals surface area (Å²) in [6.45, 7) is 0.0208. The van der Waals surface area contributed by atoms with Gasteiger partial charge in [0.2, 0.25) is 5.03 Å². The molecule has 17 heavy (non-hydrogen) atoms. The average Bonchev–Trinajstić information content (AvgIpc) is 2.53. The quantitative estimate of drug-likeness (QED) is 0.797. The molecule has 0 spiro atoms. The van der Waals surface area contributed by atoms with Crippen LogP contribution in [0.25, 0.3) is 0 Å². The van der Waals surface area contributed by atoms with Crippen molar-refractivity contribution in [1.82, 2.24) is 19.7 Å². The van der Waals surface area contributed by atoms with Crippen molar-refractivity contribution in [1.29, 1.82) is 0 Å². The van der Waals surface area contributed by atoms with E-state index in [-0.39, 0.29) is 16.2 Å². The molecule has 1 aromatic heterocycles. The van der Waals surface area contributed by atoms with Crippen LogP contribution in [0.4, 0.5) is 0 Å². The van der Waals surface area contributed by atoms with Gasteiger partial charge in [0.05, 0.1) is 5.60 Å². The maximum atomic E-state index is 12.0. The molecule has 0 bridgehead atoms. The van der Waals surface area contributed by atoms with Crippen molar-refractivity contribution in [3.05, 3.63) is 4.60 Å². The van der Waals surface area contributed by atoms with E-state index in [1.165, 1.54) is 7.05 Å². The Morgan fingerprint density at radius 1 is 1.59 bits per heavy atom. The van der Waals surface area contributed by atoms with Crippen LogP contribution >= 0.6 is 15.9 Å². The van der Waals surface area contributed by atoms with Gasteiger partial charge in [0.25, 0.3) is 10.0 Å². The molecule has 0 atom stereocenters. The van der Waals surface area contributed by atoms with Gasteiger partial charge < -0.3 is 5.11 Å². The molecule has 1 fully saturated rings. The number of nitrogens with zero attached hydrogens (tertiary/aromatic N) is 3. The molecular weight excluding hydrogens is 312 g/mol. The van der Waals surface area contributed by atoms with Crippen molar-refractivity contribution < 1.29 is 13.5 Å². The highest BCUT2D eigenvalue weighted by molar-refractivity contribution is 9.10. The van der Waals surface area contributed by atoms with Crippen LogP contribution in [0.5, 0.6) is 0 Å². The number of aryl methyl sites for hydroxylation is 1. The molecule has 2 rings (SSSR count). The standard InChI is InChI=1S/C8H13BrN4O3S/c1-13-7(6(9)11-12-13)17(15,16)10-5-8(14)3-2-4-8/h10,14H,2-5H2,1H3. The summed E-state index contributed by atoms with van der Waals surface area (Å²) in [4.78, 5) is 0. The van der Waals surface area contributed by atoms with Crippen LogP contribution in [0.3, 0.4) is 0 Å². The first-order chi connectivity index (χ1) is 7.84. The summed E-state index contributed by atoms with van der Waals surface area (Å²) >= 11 is 3.03. The number of nitrogens with one attached hydrogen (secondary N) is 1. The Kier molecular flexibility index (Phi) is 3.27. The monoisotopic (exact) mass is 324 g/mol. The molecule has 0 aromatic carbocycles. The van der Waals surface area contributed by atoms with Gasteiger partial charge in [-0.25, -0.2) is 17.8 Å². The Bertz CT molecular complexity index is 503. The van der Waals surface area contributed by atoms with E-state index in [1.807, 2.05) is 0 Å². The summed E-state index contributed by atoms with van der Waals surface area (Å²) in [7, 11) is -2.22. The molecule has 0 radical (unpaired) electrons. The van der Waals surface area contributed by atoms with Crippen LogP contribution in [-0.2, 0) is 17.1 Å². The second kappa shape index (κ2) is 4.30. The van der Waals surface area contributed by atoms with Crippen molar-refractivity contribution >= 4 is 26.0 Å². The smallest absolute Gasteiger partial charge is 0.260 e. The van der Waals surface area contributed by atoms with E-state index in [9.17, 15) is 13.5 Å². The topological polar surface area (TPSA) is 97.1 Å². The highest BCUT2D eigenvalue weighted by Crippen LogP contribution is 2.31. The summed E-state index contributed by atoms with van der Waals surface area (Å²) in [6, 6.07) is 0. The molecule has 9 heteroatoms. The number of hydrogen-bond acceptors (Lipinski definition) is 5. The van der Waals surface area contributed by atoms with Gasteiger partial charge in [-0.2, -0.15) is 0 Å². The summed E-state index contributed by atoms with van der Waals surface area (Å²) in [5, 5.41) is 17.0. The molecule has 1 heterocycles. The van der Waals surface area contributed by atoms with E-state index < -0.39 is 15.6 Å². The Labute approximate surface area is 107 Å². The van der Waals surface area contributed by atoms with Crippen LogP contribution < -0.4 is 4.72 Å². The first kappa shape index (κ1) is 12.9. The third-order valence-corrected chi connectivity index (χ3v) is 5.15. The largest absolute Gasteiger partial charge is 0.389 e. The predicted molar refractivity (Wildman–Crippen MR) is 62.7 cm³/mol. The minimum Gasteiger partial charge on any atom is -0.389 e. The molecular formula is C8H13BrN4O3S. The van der Waals surface area contributed by atoms with Crippen LogP contribution in [0.1, 0.15) is 19.3 Å². The van der Waals surface area contributed by atoms with E-state index in [2.05, 4.69) is 31.0 Å². The summed E-state index contributed by atoms with van der Waals surface area (Å²) in [5.41, 5.74) is -0.897. The van der Waals surface area contributed by atoms with Crippen LogP contribution in [0.2, 0.25) is 0 Å². The minimum absolute atomic E-state index is 0.0208. The lowest BCUT2D eigenvalue weighted by atomic mass is 9.81. The number of hydrogen-bond donors (Lipinski definition) is 2. The van der Waals surface area contributed by atoms with Gasteiger partial charge in [0.15, 0.2) is 4.60 Å². The highest BCUT2D eigenvalue weighted by atomic mass is 79.9. The molecule has 1 aromatic rings. The lowest BCUT2D eigenvalue weighted by Gasteiger charge is -2.36. The molecule has 1 aliphatic carbocycles. The number of aromatic nitrogens is 3. The van der Waals surface area contributed by atoms with E-state index >= 15 is 0 Å². The van der Waals surface area contributed by atoms with E-state index in [0.29, 0.717) is 12.8 Å². The van der Waals surface area contributed by atoms with Crippen molar-refractivity contribution in [3.63, 3.8) is 0 Å². The van der Waals surface area contributed by atoms with Crippen molar-refractivity contribution in [2.24, 2.45) is 7.05 Å². The summed E-state index contributed by atoms with van der Waals surface area (Å²) < 4.78 is 27.6. The molecule has 0 amide bonds. The molecule has 2 N–H and O–H groups in total. The lowest BCUT2D eigenvalue weighted by molar-refractivity contribution is -0.0271. The molecule has 96 valence electrons. The van der Waals surface area contributed by atoms with Crippen LogP contribution in [-0.4, -0.2) is 40.7 Å². The second-order valence-electron chi connectivity index (χ2n) is 4.21. The van der Waals surface area contributed by atoms with E-state index in [4.69, 9.17) is 0 Å². The van der Waals surface area contributed by atoms with Gasteiger partial charge in [0.1, 0.15) is 0 Å². The SMILES string of the molecule is Cn1nnc(Br)c1S(=O)(=O)NCC1(O)CCC1. The predicted octanol–water partition coefficient (Wildman–Crippen LogP) is -0.229. The number of aliphatic hydroxyl groups is 1. The summed E-state index contributed by atoms with van der Waals surface area (Å²) in [5.74, 6) is 0. The van der Waals surface area contributed by atoms with Crippen molar-refractivity contribution in [3.8, 4) is 0 Å². The maximum Gasteiger partial charge on any atom is 0.260 e. The van der Waals surface area contributed by atoms with E-state index in [1.54, 1.807) is 0 Å². The zero-order valence-corrected chi connectivity index (χ0v) is 11.6. The number of halogens is 1. The molecule has 0 unspecified atom stereocenters. The first-order valence-electron chi connectivity index (χ1n) is 5.11. The zero-order valence-electron chi connectivity index (χ0n) is 9.22. The number of sulfonamides is 1. The first-order valence-corrected chi connectivity index (χ1v) is 7.39. The zero-order chi connectivity index (χ0) is 12.7. The molecule has 7 nitrogen and oxygen atoms in total. The average molecular weight is 325 g/mol. The third-order valence-electron chi connectivity index (χ3n) is 2.87. The molecule has 1 saturated carbocycles. The van der Waals surface area contributed by atoms with E-state index in [0.717, 1.165) is 11.1 Å². The van der Waals surface area contributed by atoms with Gasteiger partial charge in [0, 0.05) is 13.6 Å². The molecule has 1 aliphatic rings. The van der Waals surface area contributed by atoms with Gasteiger partial charge >= 0.3 is 0 Å². The normalized spacial score (nSPS) is 19.0. The van der Waals surface area contributed by atoms with Gasteiger partial charge in [-0.05, 0) is 35.2 Å². The summed E-state index contributed by atoms with van der Waals surface area (Å²) in [6.07, 6.45) is 2.18. The Hall–Kier alpha value is -0.510. The Morgan fingerprint density at radius 2 is 2.24 bits per heavy atom.